The standard InChI is InChI=1S/C11H18N2O/c1-2-13-9-8-12-10(13)11(14)6-4-3-5-7-11/h8-9,14H,2-7H2,1H3. The molecule has 0 aliphatic heterocycles. The predicted molar refractivity (Wildman–Crippen MR) is 54.9 cm³/mol. The molecule has 1 aliphatic carbocycles. The molecule has 78 valence electrons. The van der Waals surface area contributed by atoms with Gasteiger partial charge in [-0.05, 0) is 19.8 Å². The maximum atomic E-state index is 10.5. The summed E-state index contributed by atoms with van der Waals surface area (Å²) in [5.41, 5.74) is -0.655. The minimum absolute atomic E-state index is 0.655. The van der Waals surface area contributed by atoms with E-state index in [9.17, 15) is 5.11 Å². The third-order valence-electron chi connectivity index (χ3n) is 3.15. The molecule has 1 aromatic rings. The molecule has 1 aromatic heterocycles. The third kappa shape index (κ3) is 1.57. The zero-order valence-corrected chi connectivity index (χ0v) is 8.74. The molecule has 0 spiro atoms. The van der Waals surface area contributed by atoms with Gasteiger partial charge in [-0.1, -0.05) is 19.3 Å². The number of rotatable bonds is 2. The molecule has 1 fully saturated rings. The van der Waals surface area contributed by atoms with Crippen LogP contribution in [0.15, 0.2) is 12.4 Å². The van der Waals surface area contributed by atoms with Crippen molar-refractivity contribution in [2.75, 3.05) is 0 Å². The lowest BCUT2D eigenvalue weighted by atomic mass is 9.84. The Labute approximate surface area is 84.8 Å². The normalized spacial score (nSPS) is 21.0. The summed E-state index contributed by atoms with van der Waals surface area (Å²) in [5, 5.41) is 10.5. The SMILES string of the molecule is CCn1ccnc1C1(O)CCCCC1. The highest BCUT2D eigenvalue weighted by molar-refractivity contribution is 5.06. The van der Waals surface area contributed by atoms with Crippen LogP contribution in [-0.4, -0.2) is 14.7 Å². The maximum absolute atomic E-state index is 10.5. The van der Waals surface area contributed by atoms with Crippen molar-refractivity contribution in [3.63, 3.8) is 0 Å². The van der Waals surface area contributed by atoms with Gasteiger partial charge in [0.1, 0.15) is 11.4 Å². The summed E-state index contributed by atoms with van der Waals surface area (Å²) in [6.45, 7) is 2.97. The summed E-state index contributed by atoms with van der Waals surface area (Å²) in [4.78, 5) is 4.30. The van der Waals surface area contributed by atoms with Crippen molar-refractivity contribution < 1.29 is 5.11 Å². The van der Waals surface area contributed by atoms with Crippen LogP contribution in [0.3, 0.4) is 0 Å². The molecule has 2 rings (SSSR count). The Morgan fingerprint density at radius 3 is 2.79 bits per heavy atom. The number of aliphatic hydroxyl groups is 1. The minimum atomic E-state index is -0.655. The van der Waals surface area contributed by atoms with Crippen molar-refractivity contribution in [2.45, 2.75) is 51.2 Å². The van der Waals surface area contributed by atoms with Gasteiger partial charge in [0.05, 0.1) is 0 Å². The van der Waals surface area contributed by atoms with E-state index in [1.807, 2.05) is 10.8 Å². The van der Waals surface area contributed by atoms with Gasteiger partial charge in [0, 0.05) is 18.9 Å². The molecule has 1 aliphatic rings. The Hall–Kier alpha value is -0.830. The van der Waals surface area contributed by atoms with Crippen molar-refractivity contribution in [1.82, 2.24) is 9.55 Å². The van der Waals surface area contributed by atoms with Crippen LogP contribution in [0.4, 0.5) is 0 Å². The summed E-state index contributed by atoms with van der Waals surface area (Å²) in [5.74, 6) is 0.861. The smallest absolute Gasteiger partial charge is 0.140 e. The average molecular weight is 194 g/mol. The zero-order valence-electron chi connectivity index (χ0n) is 8.74. The van der Waals surface area contributed by atoms with Crippen LogP contribution in [0, 0.1) is 0 Å². The van der Waals surface area contributed by atoms with Crippen molar-refractivity contribution >= 4 is 0 Å². The van der Waals surface area contributed by atoms with E-state index in [0.29, 0.717) is 0 Å². The second kappa shape index (κ2) is 3.73. The summed E-state index contributed by atoms with van der Waals surface area (Å²) in [6, 6.07) is 0. The fourth-order valence-corrected chi connectivity index (χ4v) is 2.33. The average Bonchev–Trinajstić information content (AvgIpc) is 2.67. The number of aromatic nitrogens is 2. The van der Waals surface area contributed by atoms with Crippen LogP contribution in [0.1, 0.15) is 44.9 Å². The van der Waals surface area contributed by atoms with Gasteiger partial charge in [-0.2, -0.15) is 0 Å². The highest BCUT2D eigenvalue weighted by atomic mass is 16.3. The largest absolute Gasteiger partial charge is 0.382 e. The van der Waals surface area contributed by atoms with E-state index < -0.39 is 5.60 Å². The van der Waals surface area contributed by atoms with Crippen LogP contribution in [0.25, 0.3) is 0 Å². The van der Waals surface area contributed by atoms with Crippen LogP contribution in [0.5, 0.6) is 0 Å². The fraction of sp³-hybridized carbons (Fsp3) is 0.727. The lowest BCUT2D eigenvalue weighted by Gasteiger charge is -2.31. The number of nitrogens with zero attached hydrogens (tertiary/aromatic N) is 2. The molecule has 3 heteroatoms. The molecule has 0 saturated heterocycles. The molecule has 1 heterocycles. The molecule has 1 saturated carbocycles. The minimum Gasteiger partial charge on any atom is -0.382 e. The first-order valence-corrected chi connectivity index (χ1v) is 5.50. The van der Waals surface area contributed by atoms with E-state index in [1.54, 1.807) is 6.20 Å². The lowest BCUT2D eigenvalue weighted by Crippen LogP contribution is -2.32. The summed E-state index contributed by atoms with van der Waals surface area (Å²) in [7, 11) is 0. The van der Waals surface area contributed by atoms with Gasteiger partial charge < -0.3 is 9.67 Å². The fourth-order valence-electron chi connectivity index (χ4n) is 2.33. The molecular formula is C11H18N2O. The molecule has 3 nitrogen and oxygen atoms in total. The predicted octanol–water partition coefficient (Wildman–Crippen LogP) is 2.05. The number of hydrogen-bond acceptors (Lipinski definition) is 2. The molecule has 1 N–H and O–H groups in total. The van der Waals surface area contributed by atoms with Crippen LogP contribution in [0.2, 0.25) is 0 Å². The van der Waals surface area contributed by atoms with E-state index >= 15 is 0 Å². The number of hydrogen-bond donors (Lipinski definition) is 1. The van der Waals surface area contributed by atoms with Gasteiger partial charge in [0.15, 0.2) is 0 Å². The van der Waals surface area contributed by atoms with E-state index in [4.69, 9.17) is 0 Å². The van der Waals surface area contributed by atoms with Crippen molar-refractivity contribution in [3.8, 4) is 0 Å². The van der Waals surface area contributed by atoms with Crippen molar-refractivity contribution in [2.24, 2.45) is 0 Å². The zero-order chi connectivity index (χ0) is 10.0. The van der Waals surface area contributed by atoms with Gasteiger partial charge >= 0.3 is 0 Å². The monoisotopic (exact) mass is 194 g/mol. The van der Waals surface area contributed by atoms with Gasteiger partial charge in [-0.15, -0.1) is 0 Å². The lowest BCUT2D eigenvalue weighted by molar-refractivity contribution is -0.0118. The Bertz CT molecular complexity index is 300. The molecule has 0 amide bonds. The van der Waals surface area contributed by atoms with E-state index in [1.165, 1.54) is 6.42 Å². The Kier molecular flexibility index (Phi) is 2.59. The highest BCUT2D eigenvalue weighted by Crippen LogP contribution is 2.35. The number of imidazole rings is 1. The van der Waals surface area contributed by atoms with E-state index in [2.05, 4.69) is 11.9 Å². The molecule has 0 radical (unpaired) electrons. The van der Waals surface area contributed by atoms with Crippen LogP contribution >= 0.6 is 0 Å². The van der Waals surface area contributed by atoms with Crippen molar-refractivity contribution in [1.29, 1.82) is 0 Å². The van der Waals surface area contributed by atoms with E-state index in [-0.39, 0.29) is 0 Å². The van der Waals surface area contributed by atoms with Gasteiger partial charge in [0.25, 0.3) is 0 Å². The Morgan fingerprint density at radius 2 is 2.14 bits per heavy atom. The molecule has 0 unspecified atom stereocenters. The topological polar surface area (TPSA) is 38.0 Å². The van der Waals surface area contributed by atoms with Crippen molar-refractivity contribution in [3.05, 3.63) is 18.2 Å². The molecule has 0 aromatic carbocycles. The summed E-state index contributed by atoms with van der Waals surface area (Å²) < 4.78 is 2.05. The highest BCUT2D eigenvalue weighted by Gasteiger charge is 2.34. The first kappa shape index (κ1) is 9.71. The molecule has 0 atom stereocenters. The first-order valence-electron chi connectivity index (χ1n) is 5.50. The van der Waals surface area contributed by atoms with E-state index in [0.717, 1.165) is 38.1 Å². The first-order chi connectivity index (χ1) is 6.76. The quantitative estimate of drug-likeness (QED) is 0.782. The van der Waals surface area contributed by atoms with Crippen LogP contribution < -0.4 is 0 Å². The molecule has 14 heavy (non-hydrogen) atoms. The van der Waals surface area contributed by atoms with Gasteiger partial charge in [-0.3, -0.25) is 0 Å². The molecular weight excluding hydrogens is 176 g/mol. The third-order valence-corrected chi connectivity index (χ3v) is 3.15. The molecule has 0 bridgehead atoms. The Balaban J connectivity index is 2.27. The Morgan fingerprint density at radius 1 is 1.43 bits per heavy atom. The summed E-state index contributed by atoms with van der Waals surface area (Å²) in [6.07, 6.45) is 8.94. The van der Waals surface area contributed by atoms with Gasteiger partial charge in [0.2, 0.25) is 0 Å². The summed E-state index contributed by atoms with van der Waals surface area (Å²) >= 11 is 0. The van der Waals surface area contributed by atoms with Crippen LogP contribution in [-0.2, 0) is 12.1 Å². The maximum Gasteiger partial charge on any atom is 0.140 e. The second-order valence-electron chi connectivity index (χ2n) is 4.13. The second-order valence-corrected chi connectivity index (χ2v) is 4.13. The van der Waals surface area contributed by atoms with Gasteiger partial charge in [-0.25, -0.2) is 4.98 Å². The number of aryl methyl sites for hydroxylation is 1.